The maximum atomic E-state index is 3.77. The van der Waals surface area contributed by atoms with Crippen LogP contribution in [0.25, 0.3) is 0 Å². The number of allylic oxidation sites excluding steroid dienone is 1. The summed E-state index contributed by atoms with van der Waals surface area (Å²) in [5, 5.41) is 3.54. The molecule has 1 N–H and O–H groups in total. The lowest BCUT2D eigenvalue weighted by atomic mass is 9.82. The van der Waals surface area contributed by atoms with Gasteiger partial charge < -0.3 is 5.32 Å². The molecule has 1 unspecified atom stereocenters. The molecule has 0 aliphatic heterocycles. The second kappa shape index (κ2) is 8.81. The maximum absolute atomic E-state index is 3.77. The fourth-order valence-electron chi connectivity index (χ4n) is 2.98. The molecule has 0 heterocycles. The molecule has 1 aliphatic carbocycles. The third-order valence-electron chi connectivity index (χ3n) is 4.01. The average Bonchev–Trinajstić information content (AvgIpc) is 2.35. The highest BCUT2D eigenvalue weighted by Crippen LogP contribution is 2.28. The summed E-state index contributed by atoms with van der Waals surface area (Å²) in [7, 11) is 2.14. The van der Waals surface area contributed by atoms with Crippen LogP contribution < -0.4 is 5.32 Å². The van der Waals surface area contributed by atoms with Crippen LogP contribution in [0.3, 0.4) is 0 Å². The minimum atomic E-state index is 0.782. The van der Waals surface area contributed by atoms with E-state index in [1.807, 2.05) is 6.08 Å². The molecular weight excluding hydrogens is 194 g/mol. The van der Waals surface area contributed by atoms with Crippen molar-refractivity contribution >= 4 is 0 Å². The van der Waals surface area contributed by atoms with Gasteiger partial charge in [-0.15, -0.1) is 6.58 Å². The summed E-state index contributed by atoms with van der Waals surface area (Å²) in [6.07, 6.45) is 16.0. The number of rotatable bonds is 8. The molecule has 0 aromatic heterocycles. The van der Waals surface area contributed by atoms with Crippen molar-refractivity contribution in [1.29, 1.82) is 0 Å². The van der Waals surface area contributed by atoms with Crippen molar-refractivity contribution in [2.45, 2.75) is 70.3 Å². The van der Waals surface area contributed by atoms with Crippen LogP contribution in [0.5, 0.6) is 0 Å². The smallest absolute Gasteiger partial charge is 0.00923 e. The summed E-state index contributed by atoms with van der Waals surface area (Å²) >= 11 is 0. The van der Waals surface area contributed by atoms with Crippen molar-refractivity contribution in [2.24, 2.45) is 5.92 Å². The first-order valence-corrected chi connectivity index (χ1v) is 7.16. The minimum absolute atomic E-state index is 0.782. The van der Waals surface area contributed by atoms with E-state index in [2.05, 4.69) is 18.9 Å². The number of hydrogen-bond donors (Lipinski definition) is 1. The van der Waals surface area contributed by atoms with Gasteiger partial charge in [-0.2, -0.15) is 0 Å². The van der Waals surface area contributed by atoms with E-state index >= 15 is 0 Å². The molecular formula is C15H29N. The van der Waals surface area contributed by atoms with Crippen LogP contribution in [0, 0.1) is 5.92 Å². The Bertz CT molecular complexity index is 170. The molecule has 16 heavy (non-hydrogen) atoms. The Kier molecular flexibility index (Phi) is 7.58. The lowest BCUT2D eigenvalue weighted by molar-refractivity contribution is 0.263. The first-order valence-electron chi connectivity index (χ1n) is 7.16. The van der Waals surface area contributed by atoms with E-state index in [0.29, 0.717) is 0 Å². The lowest BCUT2D eigenvalue weighted by Gasteiger charge is -2.30. The molecule has 1 rings (SSSR count). The molecule has 1 atom stereocenters. The predicted octanol–water partition coefficient (Wildman–Crippen LogP) is 4.29. The highest BCUT2D eigenvalue weighted by atomic mass is 14.9. The Morgan fingerprint density at radius 1 is 1.19 bits per heavy atom. The number of unbranched alkanes of at least 4 members (excludes halogenated alkanes) is 3. The second-order valence-electron chi connectivity index (χ2n) is 5.22. The van der Waals surface area contributed by atoms with E-state index < -0.39 is 0 Å². The second-order valence-corrected chi connectivity index (χ2v) is 5.22. The molecule has 1 fully saturated rings. The van der Waals surface area contributed by atoms with Gasteiger partial charge in [-0.3, -0.25) is 0 Å². The van der Waals surface area contributed by atoms with Gasteiger partial charge in [-0.05, 0) is 45.1 Å². The first kappa shape index (κ1) is 13.8. The molecule has 0 spiro atoms. The van der Waals surface area contributed by atoms with Gasteiger partial charge in [0.1, 0.15) is 0 Å². The van der Waals surface area contributed by atoms with Gasteiger partial charge in [0, 0.05) is 6.04 Å². The third-order valence-corrected chi connectivity index (χ3v) is 4.01. The largest absolute Gasteiger partial charge is 0.317 e. The van der Waals surface area contributed by atoms with Crippen LogP contribution >= 0.6 is 0 Å². The number of nitrogens with one attached hydrogen (secondary N) is 1. The van der Waals surface area contributed by atoms with Crippen molar-refractivity contribution in [1.82, 2.24) is 5.32 Å². The fourth-order valence-corrected chi connectivity index (χ4v) is 2.98. The topological polar surface area (TPSA) is 12.0 Å². The molecule has 1 nitrogen and oxygen atoms in total. The summed E-state index contributed by atoms with van der Waals surface area (Å²) < 4.78 is 0. The number of hydrogen-bond acceptors (Lipinski definition) is 1. The highest BCUT2D eigenvalue weighted by Gasteiger charge is 2.21. The molecule has 1 aliphatic rings. The van der Waals surface area contributed by atoms with Crippen LogP contribution in [-0.4, -0.2) is 13.1 Å². The Morgan fingerprint density at radius 2 is 1.94 bits per heavy atom. The van der Waals surface area contributed by atoms with E-state index in [-0.39, 0.29) is 0 Å². The Labute approximate surface area is 102 Å². The molecule has 0 radical (unpaired) electrons. The van der Waals surface area contributed by atoms with Gasteiger partial charge in [0.15, 0.2) is 0 Å². The zero-order valence-electron chi connectivity index (χ0n) is 11.0. The standard InChI is InChI=1S/C15H29N/c1-3-4-5-6-10-13-15(16-2)14-11-8-7-9-12-14/h3,14-16H,1,4-13H2,2H3. The molecule has 1 heteroatoms. The quantitative estimate of drug-likeness (QED) is 0.478. The maximum Gasteiger partial charge on any atom is 0.00923 e. The SMILES string of the molecule is C=CCCCCCC(NC)C1CCCCC1. The summed E-state index contributed by atoms with van der Waals surface area (Å²) in [6, 6.07) is 0.782. The molecule has 94 valence electrons. The van der Waals surface area contributed by atoms with Gasteiger partial charge in [0.05, 0.1) is 0 Å². The van der Waals surface area contributed by atoms with Gasteiger partial charge in [-0.1, -0.05) is 38.2 Å². The molecule has 0 amide bonds. The van der Waals surface area contributed by atoms with Crippen molar-refractivity contribution in [2.75, 3.05) is 7.05 Å². The normalized spacial score (nSPS) is 19.6. The zero-order chi connectivity index (χ0) is 11.6. The van der Waals surface area contributed by atoms with E-state index in [1.54, 1.807) is 0 Å². The van der Waals surface area contributed by atoms with Crippen LogP contribution in [0.2, 0.25) is 0 Å². The van der Waals surface area contributed by atoms with Gasteiger partial charge in [0.25, 0.3) is 0 Å². The summed E-state index contributed by atoms with van der Waals surface area (Å²) in [5.41, 5.74) is 0. The zero-order valence-corrected chi connectivity index (χ0v) is 11.0. The fraction of sp³-hybridized carbons (Fsp3) is 0.867. The molecule has 0 saturated heterocycles. The van der Waals surface area contributed by atoms with Crippen LogP contribution in [0.1, 0.15) is 64.2 Å². The van der Waals surface area contributed by atoms with Gasteiger partial charge >= 0.3 is 0 Å². The van der Waals surface area contributed by atoms with E-state index in [0.717, 1.165) is 12.0 Å². The summed E-state index contributed by atoms with van der Waals surface area (Å²) in [5.74, 6) is 0.957. The molecule has 0 aromatic carbocycles. The van der Waals surface area contributed by atoms with E-state index in [9.17, 15) is 0 Å². The molecule has 0 bridgehead atoms. The van der Waals surface area contributed by atoms with Crippen LogP contribution in [0.4, 0.5) is 0 Å². The monoisotopic (exact) mass is 223 g/mol. The highest BCUT2D eigenvalue weighted by molar-refractivity contribution is 4.78. The van der Waals surface area contributed by atoms with Crippen LogP contribution in [-0.2, 0) is 0 Å². The van der Waals surface area contributed by atoms with Crippen molar-refractivity contribution < 1.29 is 0 Å². The predicted molar refractivity (Wildman–Crippen MR) is 72.7 cm³/mol. The minimum Gasteiger partial charge on any atom is -0.317 e. The Hall–Kier alpha value is -0.300. The van der Waals surface area contributed by atoms with E-state index in [1.165, 1.54) is 64.2 Å². The molecule has 0 aromatic rings. The average molecular weight is 223 g/mol. The van der Waals surface area contributed by atoms with E-state index in [4.69, 9.17) is 0 Å². The van der Waals surface area contributed by atoms with Crippen LogP contribution in [0.15, 0.2) is 12.7 Å². The molecule has 1 saturated carbocycles. The van der Waals surface area contributed by atoms with Gasteiger partial charge in [0.2, 0.25) is 0 Å². The van der Waals surface area contributed by atoms with Crippen molar-refractivity contribution in [3.63, 3.8) is 0 Å². The van der Waals surface area contributed by atoms with Gasteiger partial charge in [-0.25, -0.2) is 0 Å². The van der Waals surface area contributed by atoms with Crippen molar-refractivity contribution in [3.05, 3.63) is 12.7 Å². The first-order chi connectivity index (χ1) is 7.88. The lowest BCUT2D eigenvalue weighted by Crippen LogP contribution is -2.34. The third kappa shape index (κ3) is 5.16. The van der Waals surface area contributed by atoms with Crippen molar-refractivity contribution in [3.8, 4) is 0 Å². The summed E-state index contributed by atoms with van der Waals surface area (Å²) in [4.78, 5) is 0. The Morgan fingerprint density at radius 3 is 2.56 bits per heavy atom. The summed E-state index contributed by atoms with van der Waals surface area (Å²) in [6.45, 7) is 3.77. The Balaban J connectivity index is 2.12.